The molecular formula is C15H16Cl2N4O2. The summed E-state index contributed by atoms with van der Waals surface area (Å²) >= 11 is 11.9. The Labute approximate surface area is 143 Å². The number of halogens is 2. The summed E-state index contributed by atoms with van der Waals surface area (Å²) in [5.41, 5.74) is 0.0757. The molecule has 1 unspecified atom stereocenters. The van der Waals surface area contributed by atoms with Gasteiger partial charge in [-0.15, -0.1) is 0 Å². The minimum atomic E-state index is -0.428. The van der Waals surface area contributed by atoms with E-state index in [2.05, 4.69) is 20.4 Å². The minimum absolute atomic E-state index is 0.0596. The number of carbonyl (C=O) groups excluding carboxylic acids is 1. The molecule has 0 spiro atoms. The summed E-state index contributed by atoms with van der Waals surface area (Å²) in [5, 5.41) is 7.28. The molecule has 1 saturated carbocycles. The third-order valence-corrected chi connectivity index (χ3v) is 4.16. The molecule has 6 nitrogen and oxygen atoms in total. The maximum atomic E-state index is 12.5. The van der Waals surface area contributed by atoms with Gasteiger partial charge >= 0.3 is 0 Å². The summed E-state index contributed by atoms with van der Waals surface area (Å²) in [5.74, 6) is 1.12. The second-order valence-electron chi connectivity index (χ2n) is 5.92. The monoisotopic (exact) mass is 354 g/mol. The standard InChI is InChI=1S/C15H16Cl2N4O2/c1-7(2)11(15-20-13(21-23-15)8-3-4-8)19-14(22)12-9(16)5-6-10(17)18-12/h5-8,11H,3-4H2,1-2H3,(H,19,22). The van der Waals surface area contributed by atoms with Crippen LogP contribution in [0.1, 0.15) is 60.9 Å². The van der Waals surface area contributed by atoms with Crippen LogP contribution in [-0.4, -0.2) is 21.0 Å². The molecule has 0 aromatic carbocycles. The predicted molar refractivity (Wildman–Crippen MR) is 85.6 cm³/mol. The van der Waals surface area contributed by atoms with Gasteiger partial charge in [0.1, 0.15) is 16.9 Å². The Kier molecular flexibility index (Phi) is 4.55. The van der Waals surface area contributed by atoms with Gasteiger partial charge in [-0.2, -0.15) is 4.98 Å². The Morgan fingerprint density at radius 1 is 1.30 bits per heavy atom. The van der Waals surface area contributed by atoms with Crippen LogP contribution in [0.2, 0.25) is 10.2 Å². The fourth-order valence-electron chi connectivity index (χ4n) is 2.18. The second kappa shape index (κ2) is 6.45. The van der Waals surface area contributed by atoms with Crippen molar-refractivity contribution in [2.24, 2.45) is 5.92 Å². The third-order valence-electron chi connectivity index (χ3n) is 3.65. The van der Waals surface area contributed by atoms with E-state index in [4.69, 9.17) is 27.7 Å². The van der Waals surface area contributed by atoms with E-state index in [0.29, 0.717) is 17.6 Å². The molecule has 1 aliphatic carbocycles. The number of aromatic nitrogens is 3. The van der Waals surface area contributed by atoms with E-state index in [1.165, 1.54) is 12.1 Å². The smallest absolute Gasteiger partial charge is 0.272 e. The number of amides is 1. The Bertz CT molecular complexity index is 728. The molecule has 122 valence electrons. The highest BCUT2D eigenvalue weighted by molar-refractivity contribution is 6.34. The second-order valence-corrected chi connectivity index (χ2v) is 6.72. The van der Waals surface area contributed by atoms with Crippen molar-refractivity contribution in [2.45, 2.75) is 38.6 Å². The highest BCUT2D eigenvalue weighted by atomic mass is 35.5. The van der Waals surface area contributed by atoms with Crippen molar-refractivity contribution in [3.8, 4) is 0 Å². The van der Waals surface area contributed by atoms with E-state index in [1.54, 1.807) is 0 Å². The summed E-state index contributed by atoms with van der Waals surface area (Å²) < 4.78 is 5.32. The van der Waals surface area contributed by atoms with E-state index in [-0.39, 0.29) is 21.8 Å². The maximum absolute atomic E-state index is 12.5. The topological polar surface area (TPSA) is 80.9 Å². The van der Waals surface area contributed by atoms with E-state index in [0.717, 1.165) is 12.8 Å². The van der Waals surface area contributed by atoms with Crippen molar-refractivity contribution in [3.63, 3.8) is 0 Å². The van der Waals surface area contributed by atoms with Crippen LogP contribution in [0.25, 0.3) is 0 Å². The largest absolute Gasteiger partial charge is 0.339 e. The highest BCUT2D eigenvalue weighted by Crippen LogP contribution is 2.38. The molecule has 0 saturated heterocycles. The fourth-order valence-corrected chi connectivity index (χ4v) is 2.52. The van der Waals surface area contributed by atoms with Crippen molar-refractivity contribution >= 4 is 29.1 Å². The molecule has 3 rings (SSSR count). The molecule has 1 N–H and O–H groups in total. The van der Waals surface area contributed by atoms with E-state index in [1.807, 2.05) is 13.8 Å². The lowest BCUT2D eigenvalue weighted by Crippen LogP contribution is -2.32. The average molecular weight is 355 g/mol. The molecule has 1 atom stereocenters. The van der Waals surface area contributed by atoms with E-state index in [9.17, 15) is 4.79 Å². The van der Waals surface area contributed by atoms with Gasteiger partial charge in [0.25, 0.3) is 5.91 Å². The van der Waals surface area contributed by atoms with Crippen LogP contribution >= 0.6 is 23.2 Å². The zero-order valence-corrected chi connectivity index (χ0v) is 14.2. The first-order chi connectivity index (χ1) is 11.0. The summed E-state index contributed by atoms with van der Waals surface area (Å²) in [7, 11) is 0. The summed E-state index contributed by atoms with van der Waals surface area (Å²) in [4.78, 5) is 20.8. The van der Waals surface area contributed by atoms with Crippen LogP contribution in [0.5, 0.6) is 0 Å². The lowest BCUT2D eigenvalue weighted by atomic mass is 10.0. The van der Waals surface area contributed by atoms with Gasteiger partial charge in [0.2, 0.25) is 5.89 Å². The number of rotatable bonds is 5. The molecule has 1 amide bonds. The zero-order chi connectivity index (χ0) is 16.6. The van der Waals surface area contributed by atoms with Crippen LogP contribution in [0.15, 0.2) is 16.7 Å². The lowest BCUT2D eigenvalue weighted by Gasteiger charge is -2.18. The van der Waals surface area contributed by atoms with Crippen LogP contribution in [0.3, 0.4) is 0 Å². The number of nitrogens with one attached hydrogen (secondary N) is 1. The summed E-state index contributed by atoms with van der Waals surface area (Å²) in [6.07, 6.45) is 2.17. The number of hydrogen-bond donors (Lipinski definition) is 1. The molecule has 1 fully saturated rings. The first kappa shape index (κ1) is 16.2. The van der Waals surface area contributed by atoms with Crippen molar-refractivity contribution < 1.29 is 9.32 Å². The third kappa shape index (κ3) is 3.64. The SMILES string of the molecule is CC(C)C(NC(=O)c1nc(Cl)ccc1Cl)c1nc(C2CC2)no1. The van der Waals surface area contributed by atoms with Gasteiger partial charge < -0.3 is 9.84 Å². The first-order valence-corrected chi connectivity index (χ1v) is 8.17. The van der Waals surface area contributed by atoms with Gasteiger partial charge in [-0.1, -0.05) is 42.2 Å². The van der Waals surface area contributed by atoms with Crippen LogP contribution in [-0.2, 0) is 0 Å². The molecule has 1 aliphatic rings. The van der Waals surface area contributed by atoms with Gasteiger partial charge in [0.15, 0.2) is 5.82 Å². The summed E-state index contributed by atoms with van der Waals surface area (Å²) in [6, 6.07) is 2.65. The molecule has 0 aliphatic heterocycles. The fraction of sp³-hybridized carbons (Fsp3) is 0.467. The maximum Gasteiger partial charge on any atom is 0.272 e. The minimum Gasteiger partial charge on any atom is -0.339 e. The zero-order valence-electron chi connectivity index (χ0n) is 12.7. The molecular weight excluding hydrogens is 339 g/mol. The van der Waals surface area contributed by atoms with E-state index < -0.39 is 11.9 Å². The average Bonchev–Trinajstić information content (AvgIpc) is 3.25. The van der Waals surface area contributed by atoms with Gasteiger partial charge in [0.05, 0.1) is 5.02 Å². The summed E-state index contributed by atoms with van der Waals surface area (Å²) in [6.45, 7) is 3.91. The molecule has 0 radical (unpaired) electrons. The Morgan fingerprint density at radius 3 is 2.70 bits per heavy atom. The van der Waals surface area contributed by atoms with Crippen LogP contribution in [0.4, 0.5) is 0 Å². The normalized spacial score (nSPS) is 15.7. The van der Waals surface area contributed by atoms with Gasteiger partial charge in [0, 0.05) is 5.92 Å². The molecule has 2 aromatic rings. The molecule has 2 aromatic heterocycles. The first-order valence-electron chi connectivity index (χ1n) is 7.42. The number of hydrogen-bond acceptors (Lipinski definition) is 5. The van der Waals surface area contributed by atoms with Gasteiger partial charge in [-0.25, -0.2) is 4.98 Å². The van der Waals surface area contributed by atoms with Crippen molar-refractivity contribution in [2.75, 3.05) is 0 Å². The molecule has 23 heavy (non-hydrogen) atoms. The predicted octanol–water partition coefficient (Wildman–Crippen LogP) is 3.78. The van der Waals surface area contributed by atoms with Gasteiger partial charge in [-0.3, -0.25) is 4.79 Å². The van der Waals surface area contributed by atoms with E-state index >= 15 is 0 Å². The molecule has 0 bridgehead atoms. The number of nitrogens with zero attached hydrogens (tertiary/aromatic N) is 3. The molecule has 8 heteroatoms. The van der Waals surface area contributed by atoms with Crippen molar-refractivity contribution in [3.05, 3.63) is 39.7 Å². The Hall–Kier alpha value is -1.66. The highest BCUT2D eigenvalue weighted by Gasteiger charge is 2.32. The van der Waals surface area contributed by atoms with Crippen molar-refractivity contribution in [1.29, 1.82) is 0 Å². The number of carbonyl (C=O) groups is 1. The molecule has 2 heterocycles. The van der Waals surface area contributed by atoms with Gasteiger partial charge in [-0.05, 0) is 30.9 Å². The number of pyridine rings is 1. The quantitative estimate of drug-likeness (QED) is 0.826. The Morgan fingerprint density at radius 2 is 2.04 bits per heavy atom. The lowest BCUT2D eigenvalue weighted by molar-refractivity contribution is 0.0909. The Balaban J connectivity index is 1.81. The van der Waals surface area contributed by atoms with Crippen LogP contribution < -0.4 is 5.32 Å². The van der Waals surface area contributed by atoms with Crippen molar-refractivity contribution in [1.82, 2.24) is 20.4 Å². The van der Waals surface area contributed by atoms with Crippen LogP contribution in [0, 0.1) is 5.92 Å².